The van der Waals surface area contributed by atoms with Crippen molar-refractivity contribution < 1.29 is 4.79 Å². The van der Waals surface area contributed by atoms with Gasteiger partial charge in [-0.15, -0.1) is 0 Å². The summed E-state index contributed by atoms with van der Waals surface area (Å²) in [7, 11) is 0. The standard InChI is InChI=1S/C20H23BrN6O/c1-12(15-5-4-6-16(21)9-15)25-20-17-10-19(23-8-7-22-14(3)28)24-11-18(17)26-13(2)27-20/h4-6,9-12H,7-8H2,1-3H3,(H,22,28)(H,23,24)(H,25,26,27). The number of benzene rings is 1. The molecule has 146 valence electrons. The van der Waals surface area contributed by atoms with E-state index in [1.165, 1.54) is 6.92 Å². The number of hydrogen-bond acceptors (Lipinski definition) is 6. The molecule has 0 fully saturated rings. The summed E-state index contributed by atoms with van der Waals surface area (Å²) in [6.45, 7) is 6.58. The lowest BCUT2D eigenvalue weighted by molar-refractivity contribution is -0.118. The lowest BCUT2D eigenvalue weighted by Gasteiger charge is -2.17. The molecule has 0 aliphatic heterocycles. The quantitative estimate of drug-likeness (QED) is 0.481. The van der Waals surface area contributed by atoms with Gasteiger partial charge in [0.25, 0.3) is 0 Å². The van der Waals surface area contributed by atoms with Crippen LogP contribution in [0.3, 0.4) is 0 Å². The molecule has 28 heavy (non-hydrogen) atoms. The van der Waals surface area contributed by atoms with Gasteiger partial charge in [0.1, 0.15) is 17.5 Å². The maximum absolute atomic E-state index is 11.0. The Bertz CT molecular complexity index is 994. The molecule has 0 spiro atoms. The second-order valence-corrected chi connectivity index (χ2v) is 7.45. The summed E-state index contributed by atoms with van der Waals surface area (Å²) in [6.07, 6.45) is 1.74. The van der Waals surface area contributed by atoms with Gasteiger partial charge in [-0.05, 0) is 37.6 Å². The van der Waals surface area contributed by atoms with Gasteiger partial charge in [0.05, 0.1) is 17.8 Å². The molecule has 7 nitrogen and oxygen atoms in total. The SMILES string of the molecule is CC(=O)NCCNc1cc2c(NC(C)c3cccc(Br)c3)nc(C)nc2cn1. The van der Waals surface area contributed by atoms with Gasteiger partial charge in [0.15, 0.2) is 0 Å². The zero-order valence-corrected chi connectivity index (χ0v) is 17.7. The molecular weight excluding hydrogens is 420 g/mol. The Morgan fingerprint density at radius 1 is 1.21 bits per heavy atom. The van der Waals surface area contributed by atoms with Crippen LogP contribution in [0.4, 0.5) is 11.6 Å². The van der Waals surface area contributed by atoms with Crippen LogP contribution in [0.25, 0.3) is 10.9 Å². The molecule has 1 amide bonds. The van der Waals surface area contributed by atoms with Gasteiger partial charge in [-0.1, -0.05) is 28.1 Å². The van der Waals surface area contributed by atoms with E-state index in [0.29, 0.717) is 24.7 Å². The van der Waals surface area contributed by atoms with Crippen molar-refractivity contribution in [2.24, 2.45) is 0 Å². The van der Waals surface area contributed by atoms with E-state index in [4.69, 9.17) is 0 Å². The third-order valence-electron chi connectivity index (χ3n) is 4.20. The van der Waals surface area contributed by atoms with Gasteiger partial charge in [-0.3, -0.25) is 4.79 Å². The van der Waals surface area contributed by atoms with Crippen molar-refractivity contribution in [2.45, 2.75) is 26.8 Å². The number of aryl methyl sites for hydroxylation is 1. The second kappa shape index (κ2) is 8.97. The van der Waals surface area contributed by atoms with E-state index < -0.39 is 0 Å². The predicted molar refractivity (Wildman–Crippen MR) is 115 cm³/mol. The monoisotopic (exact) mass is 442 g/mol. The Balaban J connectivity index is 1.83. The van der Waals surface area contributed by atoms with Crippen molar-refractivity contribution >= 4 is 44.4 Å². The molecule has 2 heterocycles. The van der Waals surface area contributed by atoms with Crippen LogP contribution in [0.1, 0.15) is 31.3 Å². The molecule has 1 atom stereocenters. The molecule has 0 saturated carbocycles. The molecule has 8 heteroatoms. The average Bonchev–Trinajstić information content (AvgIpc) is 2.65. The zero-order chi connectivity index (χ0) is 20.1. The Hall–Kier alpha value is -2.74. The molecule has 2 aromatic heterocycles. The van der Waals surface area contributed by atoms with E-state index in [1.807, 2.05) is 25.1 Å². The van der Waals surface area contributed by atoms with Crippen molar-refractivity contribution in [1.82, 2.24) is 20.3 Å². The van der Waals surface area contributed by atoms with Gasteiger partial charge in [-0.2, -0.15) is 0 Å². The van der Waals surface area contributed by atoms with Crippen LogP contribution in [0, 0.1) is 6.92 Å². The molecule has 3 rings (SSSR count). The average molecular weight is 443 g/mol. The van der Waals surface area contributed by atoms with Gasteiger partial charge in [0.2, 0.25) is 5.91 Å². The van der Waals surface area contributed by atoms with Crippen molar-refractivity contribution in [3.05, 3.63) is 52.4 Å². The van der Waals surface area contributed by atoms with Gasteiger partial charge < -0.3 is 16.0 Å². The van der Waals surface area contributed by atoms with Crippen LogP contribution < -0.4 is 16.0 Å². The van der Waals surface area contributed by atoms with Gasteiger partial charge >= 0.3 is 0 Å². The lowest BCUT2D eigenvalue weighted by Crippen LogP contribution is -2.26. The molecule has 0 radical (unpaired) electrons. The van der Waals surface area contributed by atoms with Crippen LogP contribution in [-0.4, -0.2) is 33.9 Å². The lowest BCUT2D eigenvalue weighted by atomic mass is 10.1. The maximum Gasteiger partial charge on any atom is 0.216 e. The topological polar surface area (TPSA) is 91.8 Å². The number of hydrogen-bond donors (Lipinski definition) is 3. The van der Waals surface area contributed by atoms with Gasteiger partial charge in [-0.25, -0.2) is 15.0 Å². The number of anilines is 2. The second-order valence-electron chi connectivity index (χ2n) is 6.54. The smallest absolute Gasteiger partial charge is 0.216 e. The summed E-state index contributed by atoms with van der Waals surface area (Å²) >= 11 is 3.52. The highest BCUT2D eigenvalue weighted by Gasteiger charge is 2.12. The molecule has 0 bridgehead atoms. The first kappa shape index (κ1) is 20.0. The number of aromatic nitrogens is 3. The first-order valence-electron chi connectivity index (χ1n) is 9.07. The van der Waals surface area contributed by atoms with Crippen molar-refractivity contribution in [3.63, 3.8) is 0 Å². The number of nitrogens with zero attached hydrogens (tertiary/aromatic N) is 3. The molecule has 0 saturated heterocycles. The summed E-state index contributed by atoms with van der Waals surface area (Å²) in [5.74, 6) is 2.11. The number of nitrogens with one attached hydrogen (secondary N) is 3. The van der Waals surface area contributed by atoms with Crippen LogP contribution >= 0.6 is 15.9 Å². The summed E-state index contributed by atoms with van der Waals surface area (Å²) in [5, 5.41) is 10.3. The minimum atomic E-state index is -0.0508. The van der Waals surface area contributed by atoms with Crippen molar-refractivity contribution in [2.75, 3.05) is 23.7 Å². The molecule has 1 aromatic carbocycles. The van der Waals surface area contributed by atoms with E-state index in [1.54, 1.807) is 6.20 Å². The number of pyridine rings is 1. The molecule has 0 aliphatic rings. The number of fused-ring (bicyclic) bond motifs is 1. The Kier molecular flexibility index (Phi) is 6.41. The summed E-state index contributed by atoms with van der Waals surface area (Å²) in [6, 6.07) is 10.2. The number of halogens is 1. The highest BCUT2D eigenvalue weighted by Crippen LogP contribution is 2.27. The summed E-state index contributed by atoms with van der Waals surface area (Å²) in [5.41, 5.74) is 1.94. The first-order valence-corrected chi connectivity index (χ1v) is 9.86. The highest BCUT2D eigenvalue weighted by atomic mass is 79.9. The first-order chi connectivity index (χ1) is 13.4. The third-order valence-corrected chi connectivity index (χ3v) is 4.69. The van der Waals surface area contributed by atoms with Crippen molar-refractivity contribution in [3.8, 4) is 0 Å². The Morgan fingerprint density at radius 2 is 2.04 bits per heavy atom. The summed E-state index contributed by atoms with van der Waals surface area (Å²) < 4.78 is 1.04. The predicted octanol–water partition coefficient (Wildman–Crippen LogP) is 3.82. The van der Waals surface area contributed by atoms with E-state index in [-0.39, 0.29) is 11.9 Å². The fraction of sp³-hybridized carbons (Fsp3) is 0.300. The highest BCUT2D eigenvalue weighted by molar-refractivity contribution is 9.10. The van der Waals surface area contributed by atoms with E-state index in [2.05, 4.69) is 65.9 Å². The molecular formula is C20H23BrN6O. The number of carbonyl (C=O) groups is 1. The summed E-state index contributed by atoms with van der Waals surface area (Å²) in [4.78, 5) is 24.5. The van der Waals surface area contributed by atoms with E-state index >= 15 is 0 Å². The van der Waals surface area contributed by atoms with Crippen molar-refractivity contribution in [1.29, 1.82) is 0 Å². The van der Waals surface area contributed by atoms with Gasteiger partial charge in [0, 0.05) is 29.9 Å². The number of amides is 1. The Morgan fingerprint density at radius 3 is 2.79 bits per heavy atom. The Labute approximate surface area is 172 Å². The number of carbonyl (C=O) groups excluding carboxylic acids is 1. The third kappa shape index (κ3) is 5.16. The molecule has 3 aromatic rings. The van der Waals surface area contributed by atoms with Crippen LogP contribution in [-0.2, 0) is 4.79 Å². The molecule has 0 aliphatic carbocycles. The van der Waals surface area contributed by atoms with E-state index in [0.717, 1.165) is 26.8 Å². The number of rotatable bonds is 7. The normalized spacial score (nSPS) is 11.9. The van der Waals surface area contributed by atoms with Crippen LogP contribution in [0.2, 0.25) is 0 Å². The minimum absolute atomic E-state index is 0.0508. The fourth-order valence-corrected chi connectivity index (χ4v) is 3.27. The molecule has 3 N–H and O–H groups in total. The fourth-order valence-electron chi connectivity index (χ4n) is 2.85. The molecule has 1 unspecified atom stereocenters. The van der Waals surface area contributed by atoms with E-state index in [9.17, 15) is 4.79 Å². The van der Waals surface area contributed by atoms with Crippen LogP contribution in [0.15, 0.2) is 41.0 Å². The van der Waals surface area contributed by atoms with Crippen LogP contribution in [0.5, 0.6) is 0 Å². The zero-order valence-electron chi connectivity index (χ0n) is 16.1. The minimum Gasteiger partial charge on any atom is -0.368 e. The largest absolute Gasteiger partial charge is 0.368 e. The maximum atomic E-state index is 11.0.